The lowest BCUT2D eigenvalue weighted by atomic mass is 9.95. The number of benzene rings is 2. The van der Waals surface area contributed by atoms with Gasteiger partial charge in [-0.2, -0.15) is 9.97 Å². The number of pyridine rings is 1. The van der Waals surface area contributed by atoms with Crippen molar-refractivity contribution in [1.82, 2.24) is 25.2 Å². The van der Waals surface area contributed by atoms with E-state index < -0.39 is 17.5 Å². The maximum absolute atomic E-state index is 16.4. The number of hydrogen-bond donors (Lipinski definition) is 1. The highest BCUT2D eigenvalue weighted by atomic mass is 19.2. The standard InChI is InChI=1S/C30H31F3N6O/c1-38(19-9-12-34-15-19)28-21-16-35-26(20-6-2-5-18-7-8-22(31)24(32)23(18)20)25(33)27(21)36-29(37-28)40-17-30-10-3-13-39(30)14-4-11-30/h2,5-8,16,19,34H,3-4,9-15,17H2,1H3/t19-/m1/s1. The molecule has 1 atom stereocenters. The smallest absolute Gasteiger partial charge is 0.319 e. The van der Waals surface area contributed by atoms with Crippen LogP contribution in [-0.2, 0) is 0 Å². The molecule has 0 spiro atoms. The Bertz CT molecular complexity index is 1600. The van der Waals surface area contributed by atoms with E-state index in [1.165, 1.54) is 12.3 Å². The Labute approximate surface area is 230 Å². The van der Waals surface area contributed by atoms with Gasteiger partial charge in [0.2, 0.25) is 0 Å². The zero-order chi connectivity index (χ0) is 27.4. The lowest BCUT2D eigenvalue weighted by Crippen LogP contribution is -2.43. The predicted molar refractivity (Wildman–Crippen MR) is 148 cm³/mol. The average molecular weight is 549 g/mol. The van der Waals surface area contributed by atoms with Gasteiger partial charge >= 0.3 is 6.01 Å². The largest absolute Gasteiger partial charge is 0.461 e. The number of hydrogen-bond acceptors (Lipinski definition) is 7. The highest BCUT2D eigenvalue weighted by Crippen LogP contribution is 2.40. The van der Waals surface area contributed by atoms with Gasteiger partial charge in [-0.05, 0) is 63.2 Å². The number of likely N-dealkylation sites (N-methyl/N-ethyl adjacent to an activating group) is 1. The zero-order valence-electron chi connectivity index (χ0n) is 22.4. The van der Waals surface area contributed by atoms with E-state index in [4.69, 9.17) is 9.72 Å². The fourth-order valence-corrected chi connectivity index (χ4v) is 6.85. The minimum atomic E-state index is -1.03. The Morgan fingerprint density at radius 3 is 2.67 bits per heavy atom. The number of nitrogens with zero attached hydrogens (tertiary/aromatic N) is 5. The average Bonchev–Trinajstić information content (AvgIpc) is 3.72. The van der Waals surface area contributed by atoms with Gasteiger partial charge in [-0.25, -0.2) is 13.2 Å². The van der Waals surface area contributed by atoms with Crippen LogP contribution in [0.15, 0.2) is 36.5 Å². The van der Waals surface area contributed by atoms with Crippen molar-refractivity contribution in [2.45, 2.75) is 43.7 Å². The Morgan fingerprint density at radius 1 is 1.07 bits per heavy atom. The van der Waals surface area contributed by atoms with Crippen molar-refractivity contribution in [2.24, 2.45) is 0 Å². The van der Waals surface area contributed by atoms with Crippen LogP contribution in [0.2, 0.25) is 0 Å². The quantitative estimate of drug-likeness (QED) is 0.361. The first-order valence-corrected chi connectivity index (χ1v) is 14.0. The molecule has 10 heteroatoms. The zero-order valence-corrected chi connectivity index (χ0v) is 22.4. The van der Waals surface area contributed by atoms with E-state index in [1.54, 1.807) is 18.2 Å². The highest BCUT2D eigenvalue weighted by molar-refractivity contribution is 5.99. The third-order valence-electron chi connectivity index (χ3n) is 9.03. The molecule has 0 aliphatic carbocycles. The van der Waals surface area contributed by atoms with Gasteiger partial charge in [0.05, 0.1) is 10.9 Å². The molecule has 0 bridgehead atoms. The van der Waals surface area contributed by atoms with Crippen molar-refractivity contribution >= 4 is 27.5 Å². The molecule has 7 rings (SSSR count). The first-order chi connectivity index (χ1) is 19.4. The van der Waals surface area contributed by atoms with Gasteiger partial charge in [0.1, 0.15) is 23.6 Å². The molecule has 2 aromatic heterocycles. The van der Waals surface area contributed by atoms with Crippen LogP contribution in [-0.4, -0.2) is 71.3 Å². The molecule has 3 saturated heterocycles. The SMILES string of the molecule is CN(c1nc(OCC23CCCN2CCC3)nc2c(F)c(-c3cccc4ccc(F)c(F)c34)ncc12)[C@@H]1CCNC1. The summed E-state index contributed by atoms with van der Waals surface area (Å²) in [5, 5.41) is 4.24. The van der Waals surface area contributed by atoms with E-state index in [1.807, 2.05) is 11.9 Å². The van der Waals surface area contributed by atoms with Gasteiger partial charge < -0.3 is 15.0 Å². The van der Waals surface area contributed by atoms with E-state index in [0.29, 0.717) is 23.2 Å². The fraction of sp³-hybridized carbons (Fsp3) is 0.433. The summed E-state index contributed by atoms with van der Waals surface area (Å²) < 4.78 is 51.8. The minimum absolute atomic E-state index is 0.0187. The molecule has 1 N–H and O–H groups in total. The summed E-state index contributed by atoms with van der Waals surface area (Å²) in [6, 6.07) is 7.70. The topological polar surface area (TPSA) is 66.4 Å². The lowest BCUT2D eigenvalue weighted by Gasteiger charge is -2.31. The Hall–Kier alpha value is -3.50. The molecule has 7 nitrogen and oxygen atoms in total. The molecule has 208 valence electrons. The van der Waals surface area contributed by atoms with E-state index in [0.717, 1.165) is 64.3 Å². The number of ether oxygens (including phenoxy) is 1. The second-order valence-corrected chi connectivity index (χ2v) is 11.2. The summed E-state index contributed by atoms with van der Waals surface area (Å²) in [6.45, 7) is 4.25. The summed E-state index contributed by atoms with van der Waals surface area (Å²) in [6.07, 6.45) is 6.84. The normalized spacial score (nSPS) is 20.4. The molecule has 3 fully saturated rings. The molecule has 0 amide bonds. The fourth-order valence-electron chi connectivity index (χ4n) is 6.85. The van der Waals surface area contributed by atoms with Crippen LogP contribution >= 0.6 is 0 Å². The van der Waals surface area contributed by atoms with E-state index in [9.17, 15) is 8.78 Å². The predicted octanol–water partition coefficient (Wildman–Crippen LogP) is 5.07. The van der Waals surface area contributed by atoms with E-state index in [-0.39, 0.29) is 39.8 Å². The summed E-state index contributed by atoms with van der Waals surface area (Å²) in [4.78, 5) is 18.2. The van der Waals surface area contributed by atoms with Gasteiger partial charge in [-0.15, -0.1) is 0 Å². The molecule has 40 heavy (non-hydrogen) atoms. The number of anilines is 1. The monoisotopic (exact) mass is 548 g/mol. The van der Waals surface area contributed by atoms with Crippen molar-refractivity contribution in [3.05, 3.63) is 54.0 Å². The number of fused-ring (bicyclic) bond motifs is 3. The van der Waals surface area contributed by atoms with Crippen LogP contribution in [0.1, 0.15) is 32.1 Å². The van der Waals surface area contributed by atoms with Gasteiger partial charge in [0.15, 0.2) is 17.5 Å². The van der Waals surface area contributed by atoms with Crippen LogP contribution in [0, 0.1) is 17.5 Å². The van der Waals surface area contributed by atoms with Crippen molar-refractivity contribution in [3.63, 3.8) is 0 Å². The summed E-state index contributed by atoms with van der Waals surface area (Å²) in [5.41, 5.74) is 0.0894. The summed E-state index contributed by atoms with van der Waals surface area (Å²) in [7, 11) is 1.94. The second-order valence-electron chi connectivity index (χ2n) is 11.2. The maximum atomic E-state index is 16.4. The number of halogens is 3. The number of aromatic nitrogens is 3. The van der Waals surface area contributed by atoms with Crippen LogP contribution < -0.4 is 15.0 Å². The Kier molecular flexibility index (Phi) is 6.27. The Balaban J connectivity index is 1.36. The molecule has 0 radical (unpaired) electrons. The molecule has 0 unspecified atom stereocenters. The van der Waals surface area contributed by atoms with E-state index >= 15 is 4.39 Å². The van der Waals surface area contributed by atoms with Gasteiger partial charge in [-0.3, -0.25) is 9.88 Å². The maximum Gasteiger partial charge on any atom is 0.319 e. The second kappa shape index (κ2) is 9.85. The summed E-state index contributed by atoms with van der Waals surface area (Å²) >= 11 is 0. The van der Waals surface area contributed by atoms with Gasteiger partial charge in [0.25, 0.3) is 0 Å². The molecule has 2 aromatic carbocycles. The summed E-state index contributed by atoms with van der Waals surface area (Å²) in [5.74, 6) is -2.22. The molecule has 5 heterocycles. The van der Waals surface area contributed by atoms with Crippen LogP contribution in [0.3, 0.4) is 0 Å². The molecule has 0 saturated carbocycles. The van der Waals surface area contributed by atoms with Gasteiger partial charge in [-0.1, -0.05) is 24.3 Å². The first-order valence-electron chi connectivity index (χ1n) is 14.0. The molecular weight excluding hydrogens is 517 g/mol. The van der Waals surface area contributed by atoms with Crippen LogP contribution in [0.4, 0.5) is 19.0 Å². The van der Waals surface area contributed by atoms with Crippen molar-refractivity contribution in [1.29, 1.82) is 0 Å². The van der Waals surface area contributed by atoms with Crippen LogP contribution in [0.25, 0.3) is 32.9 Å². The van der Waals surface area contributed by atoms with Crippen LogP contribution in [0.5, 0.6) is 6.01 Å². The molecule has 4 aromatic rings. The van der Waals surface area contributed by atoms with Gasteiger partial charge in [0, 0.05) is 36.8 Å². The molecule has 3 aliphatic heterocycles. The number of nitrogens with one attached hydrogen (secondary N) is 1. The molecule has 3 aliphatic rings. The van der Waals surface area contributed by atoms with Crippen molar-refractivity contribution in [2.75, 3.05) is 44.7 Å². The lowest BCUT2D eigenvalue weighted by molar-refractivity contribution is 0.108. The van der Waals surface area contributed by atoms with E-state index in [2.05, 4.69) is 20.2 Å². The first kappa shape index (κ1) is 25.5. The number of rotatable bonds is 6. The highest BCUT2D eigenvalue weighted by Gasteiger charge is 2.45. The molecular formula is C30H31F3N6O. The van der Waals surface area contributed by atoms with Crippen molar-refractivity contribution in [3.8, 4) is 17.3 Å². The third-order valence-corrected chi connectivity index (χ3v) is 9.03. The third kappa shape index (κ3) is 4.07. The van der Waals surface area contributed by atoms with Crippen molar-refractivity contribution < 1.29 is 17.9 Å². The Morgan fingerprint density at radius 2 is 1.90 bits per heavy atom. The minimum Gasteiger partial charge on any atom is -0.461 e.